The molecule has 0 aliphatic rings. The number of allylic oxidation sites excluding steroid dienone is 2. The maximum Gasteiger partial charge on any atom is 0.217 e. The molecule has 0 saturated carbocycles. The van der Waals surface area contributed by atoms with Crippen LogP contribution >= 0.6 is 0 Å². The molecule has 0 fully saturated rings. The van der Waals surface area contributed by atoms with Gasteiger partial charge in [0.05, 0.1) is 34.3 Å². The highest BCUT2D eigenvalue weighted by Crippen LogP contribution is 2.15. The molecule has 0 unspecified atom stereocenters. The Labute approximate surface area is 271 Å². The molecular formula is C37H77NO4S. The molecule has 260 valence electrons. The van der Waals surface area contributed by atoms with Crippen LogP contribution in [0.2, 0.25) is 0 Å². The van der Waals surface area contributed by atoms with Gasteiger partial charge in [-0.2, -0.15) is 0 Å². The molecule has 0 aromatic heterocycles. The lowest BCUT2D eigenvalue weighted by molar-refractivity contribution is -0.890. The third kappa shape index (κ3) is 43.8. The summed E-state index contributed by atoms with van der Waals surface area (Å²) in [6.07, 6.45) is 45.0. The summed E-state index contributed by atoms with van der Waals surface area (Å²) in [5, 5.41) is 0. The molecule has 0 rings (SSSR count). The first-order valence-electron chi connectivity index (χ1n) is 18.7. The maximum atomic E-state index is 9.22. The van der Waals surface area contributed by atoms with E-state index in [0.29, 0.717) is 0 Å². The lowest BCUT2D eigenvalue weighted by Gasteiger charge is -2.30. The lowest BCUT2D eigenvalue weighted by atomic mass is 10.0. The van der Waals surface area contributed by atoms with Crippen molar-refractivity contribution in [3.63, 3.8) is 0 Å². The van der Waals surface area contributed by atoms with Gasteiger partial charge in [0.2, 0.25) is 10.4 Å². The molecule has 0 saturated heterocycles. The summed E-state index contributed by atoms with van der Waals surface area (Å²) in [7, 11) is 1.31. The summed E-state index contributed by atoms with van der Waals surface area (Å²) >= 11 is 0. The van der Waals surface area contributed by atoms with Crippen molar-refractivity contribution in [1.29, 1.82) is 0 Å². The predicted octanol–water partition coefficient (Wildman–Crippen LogP) is 11.7. The average molecular weight is 632 g/mol. The summed E-state index contributed by atoms with van der Waals surface area (Å²) in [5.41, 5.74) is 0. The average Bonchev–Trinajstić information content (AvgIpc) is 2.97. The summed E-state index contributed by atoms with van der Waals surface area (Å²) in [6, 6.07) is 0. The number of rotatable bonds is 32. The molecule has 0 atom stereocenters. The molecule has 0 amide bonds. The molecule has 0 N–H and O–H groups in total. The van der Waals surface area contributed by atoms with Crippen LogP contribution in [-0.4, -0.2) is 51.7 Å². The van der Waals surface area contributed by atoms with Crippen LogP contribution in [0.4, 0.5) is 0 Å². The van der Waals surface area contributed by atoms with Crippen LogP contribution in [-0.2, 0) is 14.6 Å². The van der Waals surface area contributed by atoms with Crippen molar-refractivity contribution in [3.8, 4) is 0 Å². The third-order valence-electron chi connectivity index (χ3n) is 8.60. The Balaban J connectivity index is 0. The van der Waals surface area contributed by atoms with Crippen LogP contribution in [0.15, 0.2) is 12.2 Å². The van der Waals surface area contributed by atoms with E-state index in [4.69, 9.17) is 0 Å². The molecule has 0 heterocycles. The second kappa shape index (κ2) is 34.4. The quantitative estimate of drug-likeness (QED) is 0.0243. The van der Waals surface area contributed by atoms with Crippen molar-refractivity contribution in [2.24, 2.45) is 0 Å². The van der Waals surface area contributed by atoms with Gasteiger partial charge in [0.15, 0.2) is 0 Å². The predicted molar refractivity (Wildman–Crippen MR) is 188 cm³/mol. The summed E-state index contributed by atoms with van der Waals surface area (Å²) in [6.45, 7) is 7.36. The van der Waals surface area contributed by atoms with Gasteiger partial charge in [0.25, 0.3) is 0 Å². The van der Waals surface area contributed by atoms with E-state index >= 15 is 0 Å². The van der Waals surface area contributed by atoms with Gasteiger partial charge < -0.3 is 9.04 Å². The van der Waals surface area contributed by atoms with Crippen molar-refractivity contribution in [2.45, 2.75) is 194 Å². The molecule has 0 aromatic carbocycles. The molecule has 6 heteroatoms. The van der Waals surface area contributed by atoms with E-state index < -0.39 is 10.4 Å². The topological polar surface area (TPSA) is 66.4 Å². The summed E-state index contributed by atoms with van der Waals surface area (Å²) in [4.78, 5) is 0. The smallest absolute Gasteiger partial charge is 0.217 e. The largest absolute Gasteiger partial charge is 0.726 e. The molecule has 0 aliphatic heterocycles. The van der Waals surface area contributed by atoms with E-state index in [1.165, 1.54) is 197 Å². The summed E-state index contributed by atoms with van der Waals surface area (Å²) in [5.74, 6) is 0. The Kier molecular flexibility index (Phi) is 35.8. The molecule has 0 radical (unpaired) electrons. The third-order valence-corrected chi connectivity index (χ3v) is 9.00. The number of hydrogen-bond acceptors (Lipinski definition) is 4. The fourth-order valence-corrected chi connectivity index (χ4v) is 5.63. The van der Waals surface area contributed by atoms with Gasteiger partial charge in [-0.25, -0.2) is 8.42 Å². The van der Waals surface area contributed by atoms with E-state index in [1.807, 2.05) is 0 Å². The Morgan fingerprint density at radius 1 is 0.488 bits per heavy atom. The van der Waals surface area contributed by atoms with Crippen LogP contribution in [0.3, 0.4) is 0 Å². The highest BCUT2D eigenvalue weighted by Gasteiger charge is 2.13. The van der Waals surface area contributed by atoms with Gasteiger partial charge >= 0.3 is 0 Å². The van der Waals surface area contributed by atoms with E-state index in [9.17, 15) is 13.0 Å². The van der Waals surface area contributed by atoms with E-state index in [1.54, 1.807) is 0 Å². The molecule has 0 aromatic rings. The molecule has 0 spiro atoms. The maximum absolute atomic E-state index is 9.22. The molecule has 0 aliphatic carbocycles. The first kappa shape index (κ1) is 44.7. The van der Waals surface area contributed by atoms with E-state index in [2.05, 4.69) is 44.3 Å². The van der Waals surface area contributed by atoms with Crippen molar-refractivity contribution in [2.75, 3.05) is 34.3 Å². The van der Waals surface area contributed by atoms with Gasteiger partial charge in [-0.05, 0) is 51.4 Å². The number of unbranched alkanes of at least 4 members (excludes halogenated alkanes) is 25. The Hall–Kier alpha value is -0.430. The van der Waals surface area contributed by atoms with E-state index in [-0.39, 0.29) is 0 Å². The minimum absolute atomic E-state index is 0.808. The second-order valence-corrected chi connectivity index (χ2v) is 14.6. The van der Waals surface area contributed by atoms with Crippen LogP contribution in [0.25, 0.3) is 0 Å². The first-order chi connectivity index (χ1) is 20.7. The Morgan fingerprint density at radius 2 is 0.721 bits per heavy atom. The van der Waals surface area contributed by atoms with Crippen molar-refractivity contribution < 1.29 is 21.6 Å². The number of nitrogens with zero attached hydrogens (tertiary/aromatic N) is 1. The fraction of sp³-hybridized carbons (Fsp3) is 0.946. The molecule has 43 heavy (non-hydrogen) atoms. The van der Waals surface area contributed by atoms with E-state index in [0.717, 1.165) is 7.11 Å². The standard InChI is InChI=1S/C36H74N.CH4O4S/c1-5-7-9-11-13-15-17-19-21-22-24-26-28-30-32-34-36-37(3,4)35-33-31-29-27-25-23-20-18-16-14-12-10-8-6-2;1-5-6(2,3)4/h19,21H,5-18,20,22-36H2,1-4H3;1H3,(H,2,3,4)/q+1;/p-1. The number of hydrogen-bond donors (Lipinski definition) is 0. The van der Waals surface area contributed by atoms with Gasteiger partial charge in [0, 0.05) is 0 Å². The van der Waals surface area contributed by atoms with Gasteiger partial charge in [-0.15, -0.1) is 0 Å². The van der Waals surface area contributed by atoms with Gasteiger partial charge in [-0.1, -0.05) is 154 Å². The Bertz CT molecular complexity index is 664. The second-order valence-electron chi connectivity index (χ2n) is 13.5. The molecule has 5 nitrogen and oxygen atoms in total. The lowest BCUT2D eigenvalue weighted by Crippen LogP contribution is -2.41. The van der Waals surface area contributed by atoms with Crippen LogP contribution in [0.1, 0.15) is 194 Å². The Morgan fingerprint density at radius 3 is 0.977 bits per heavy atom. The zero-order valence-corrected chi connectivity index (χ0v) is 30.7. The number of quaternary nitrogens is 1. The minimum Gasteiger partial charge on any atom is -0.726 e. The fourth-order valence-electron chi connectivity index (χ4n) is 5.63. The van der Waals surface area contributed by atoms with Crippen LogP contribution < -0.4 is 0 Å². The van der Waals surface area contributed by atoms with Crippen molar-refractivity contribution in [1.82, 2.24) is 0 Å². The monoisotopic (exact) mass is 632 g/mol. The van der Waals surface area contributed by atoms with Crippen LogP contribution in [0, 0.1) is 0 Å². The summed E-state index contributed by atoms with van der Waals surface area (Å²) < 4.78 is 32.3. The highest BCUT2D eigenvalue weighted by atomic mass is 32.3. The minimum atomic E-state index is -4.41. The molecule has 0 bridgehead atoms. The zero-order valence-electron chi connectivity index (χ0n) is 29.9. The molecular weight excluding hydrogens is 554 g/mol. The zero-order chi connectivity index (χ0) is 32.3. The normalized spacial score (nSPS) is 12.1. The van der Waals surface area contributed by atoms with Crippen molar-refractivity contribution in [3.05, 3.63) is 12.2 Å². The van der Waals surface area contributed by atoms with Crippen molar-refractivity contribution >= 4 is 10.4 Å². The van der Waals surface area contributed by atoms with Gasteiger partial charge in [-0.3, -0.25) is 4.18 Å². The van der Waals surface area contributed by atoms with Crippen LogP contribution in [0.5, 0.6) is 0 Å². The van der Waals surface area contributed by atoms with Gasteiger partial charge in [0.1, 0.15) is 0 Å². The first-order valence-corrected chi connectivity index (χ1v) is 20.0. The highest BCUT2D eigenvalue weighted by molar-refractivity contribution is 7.80. The SMILES string of the molecule is CCCCCCCCC=CCCCCCCCC[N+](C)(C)CCCCCCCCCCCCCCCC.COS(=O)(=O)[O-].